The molecule has 1 heterocycles. The third-order valence-electron chi connectivity index (χ3n) is 2.40. The number of nitrogen functional groups attached to an aromatic ring is 1. The van der Waals surface area contributed by atoms with E-state index in [1.165, 1.54) is 0 Å². The van der Waals surface area contributed by atoms with Crippen LogP contribution in [0.4, 0.5) is 5.69 Å². The topological polar surface area (TPSA) is 74.2 Å². The zero-order valence-corrected chi connectivity index (χ0v) is 10.2. The molecule has 1 aromatic carbocycles. The van der Waals surface area contributed by atoms with Crippen molar-refractivity contribution in [2.75, 3.05) is 12.8 Å². The molecule has 2 N–H and O–H groups in total. The minimum absolute atomic E-state index is 0.229. The van der Waals surface area contributed by atoms with Crippen molar-refractivity contribution in [3.63, 3.8) is 0 Å². The van der Waals surface area contributed by atoms with Gasteiger partial charge in [0.25, 0.3) is 5.89 Å². The highest BCUT2D eigenvalue weighted by atomic mass is 35.5. The predicted octanol–water partition coefficient (Wildman–Crippen LogP) is 2.68. The SMILES string of the molecule is COC(C)c1noc(-c2cc(Cl)ccc2N)n1. The monoisotopic (exact) mass is 253 g/mol. The molecule has 0 aliphatic carbocycles. The molecule has 5 nitrogen and oxygen atoms in total. The van der Waals surface area contributed by atoms with Gasteiger partial charge in [-0.2, -0.15) is 4.98 Å². The Kier molecular flexibility index (Phi) is 3.31. The van der Waals surface area contributed by atoms with E-state index >= 15 is 0 Å². The second-order valence-corrected chi connectivity index (χ2v) is 4.00. The van der Waals surface area contributed by atoms with Gasteiger partial charge in [0.05, 0.1) is 5.56 Å². The van der Waals surface area contributed by atoms with Gasteiger partial charge in [-0.1, -0.05) is 16.8 Å². The van der Waals surface area contributed by atoms with E-state index in [1.54, 1.807) is 25.3 Å². The Bertz CT molecular complexity index is 527. The van der Waals surface area contributed by atoms with Crippen LogP contribution in [0.2, 0.25) is 5.02 Å². The molecule has 1 atom stereocenters. The van der Waals surface area contributed by atoms with E-state index in [-0.39, 0.29) is 6.10 Å². The lowest BCUT2D eigenvalue weighted by Gasteiger charge is -2.02. The van der Waals surface area contributed by atoms with Crippen molar-refractivity contribution in [1.82, 2.24) is 10.1 Å². The number of ether oxygens (including phenoxy) is 1. The maximum Gasteiger partial charge on any atom is 0.260 e. The van der Waals surface area contributed by atoms with E-state index in [9.17, 15) is 0 Å². The Hall–Kier alpha value is -1.59. The summed E-state index contributed by atoms with van der Waals surface area (Å²) in [5.74, 6) is 0.811. The summed E-state index contributed by atoms with van der Waals surface area (Å²) in [7, 11) is 1.58. The molecular weight excluding hydrogens is 242 g/mol. The van der Waals surface area contributed by atoms with Gasteiger partial charge in [-0.05, 0) is 25.1 Å². The summed E-state index contributed by atoms with van der Waals surface area (Å²) in [4.78, 5) is 4.21. The zero-order valence-electron chi connectivity index (χ0n) is 9.48. The van der Waals surface area contributed by atoms with Crippen LogP contribution < -0.4 is 5.73 Å². The second kappa shape index (κ2) is 4.73. The molecule has 0 radical (unpaired) electrons. The van der Waals surface area contributed by atoms with Crippen molar-refractivity contribution in [3.8, 4) is 11.5 Å². The molecule has 0 bridgehead atoms. The van der Waals surface area contributed by atoms with E-state index in [4.69, 9.17) is 26.6 Å². The van der Waals surface area contributed by atoms with Crippen LogP contribution in [-0.2, 0) is 4.74 Å². The third-order valence-corrected chi connectivity index (χ3v) is 2.64. The van der Waals surface area contributed by atoms with Gasteiger partial charge in [-0.25, -0.2) is 0 Å². The molecule has 0 spiro atoms. The third kappa shape index (κ3) is 2.40. The average molecular weight is 254 g/mol. The largest absolute Gasteiger partial charge is 0.398 e. The summed E-state index contributed by atoms with van der Waals surface area (Å²) < 4.78 is 10.2. The lowest BCUT2D eigenvalue weighted by Crippen LogP contribution is -1.98. The van der Waals surface area contributed by atoms with Crippen molar-refractivity contribution >= 4 is 17.3 Å². The van der Waals surface area contributed by atoms with Crippen molar-refractivity contribution in [2.24, 2.45) is 0 Å². The predicted molar refractivity (Wildman–Crippen MR) is 64.6 cm³/mol. The fourth-order valence-corrected chi connectivity index (χ4v) is 1.50. The first-order chi connectivity index (χ1) is 8.11. The van der Waals surface area contributed by atoms with Gasteiger partial charge in [-0.15, -0.1) is 0 Å². The summed E-state index contributed by atoms with van der Waals surface area (Å²) in [6.07, 6.45) is -0.229. The summed E-state index contributed by atoms with van der Waals surface area (Å²) in [5, 5.41) is 4.39. The number of nitrogens with two attached hydrogens (primary N) is 1. The Balaban J connectivity index is 2.40. The number of anilines is 1. The molecule has 17 heavy (non-hydrogen) atoms. The molecule has 0 saturated heterocycles. The van der Waals surface area contributed by atoms with Crippen LogP contribution >= 0.6 is 11.6 Å². The van der Waals surface area contributed by atoms with Crippen LogP contribution in [0.25, 0.3) is 11.5 Å². The quantitative estimate of drug-likeness (QED) is 0.852. The number of benzene rings is 1. The highest BCUT2D eigenvalue weighted by molar-refractivity contribution is 6.31. The normalized spacial score (nSPS) is 12.6. The standard InChI is InChI=1S/C11H12ClN3O2/c1-6(16-2)10-14-11(17-15-10)8-5-7(12)3-4-9(8)13/h3-6H,13H2,1-2H3. The highest BCUT2D eigenvalue weighted by Crippen LogP contribution is 2.28. The Morgan fingerprint density at radius 3 is 2.94 bits per heavy atom. The first-order valence-corrected chi connectivity index (χ1v) is 5.41. The first kappa shape index (κ1) is 11.9. The molecule has 0 saturated carbocycles. The minimum atomic E-state index is -0.229. The van der Waals surface area contributed by atoms with Gasteiger partial charge < -0.3 is 15.0 Å². The lowest BCUT2D eigenvalue weighted by atomic mass is 10.2. The van der Waals surface area contributed by atoms with Crippen LogP contribution in [0.5, 0.6) is 0 Å². The smallest absolute Gasteiger partial charge is 0.260 e. The van der Waals surface area contributed by atoms with E-state index in [0.717, 1.165) is 0 Å². The maximum atomic E-state index is 5.89. The highest BCUT2D eigenvalue weighted by Gasteiger charge is 2.16. The zero-order chi connectivity index (χ0) is 12.4. The number of rotatable bonds is 3. The molecular formula is C11H12ClN3O2. The number of aromatic nitrogens is 2. The molecule has 90 valence electrons. The number of hydrogen-bond donors (Lipinski definition) is 1. The summed E-state index contributed by atoms with van der Waals surface area (Å²) in [5.41, 5.74) is 6.98. The number of nitrogens with zero attached hydrogens (tertiary/aromatic N) is 2. The van der Waals surface area contributed by atoms with Crippen molar-refractivity contribution in [1.29, 1.82) is 0 Å². The van der Waals surface area contributed by atoms with Gasteiger partial charge in [0.2, 0.25) is 5.82 Å². The molecule has 1 aromatic heterocycles. The summed E-state index contributed by atoms with van der Waals surface area (Å²) >= 11 is 5.89. The molecule has 2 aromatic rings. The molecule has 6 heteroatoms. The lowest BCUT2D eigenvalue weighted by molar-refractivity contribution is 0.109. The van der Waals surface area contributed by atoms with Crippen LogP contribution in [0, 0.1) is 0 Å². The molecule has 0 amide bonds. The summed E-state index contributed by atoms with van der Waals surface area (Å²) in [6, 6.07) is 5.09. The van der Waals surface area contributed by atoms with E-state index in [0.29, 0.717) is 28.0 Å². The Morgan fingerprint density at radius 1 is 1.47 bits per heavy atom. The fraction of sp³-hybridized carbons (Fsp3) is 0.273. The van der Waals surface area contributed by atoms with Gasteiger partial charge in [0.15, 0.2) is 0 Å². The summed E-state index contributed by atoms with van der Waals surface area (Å²) in [6.45, 7) is 1.83. The maximum absolute atomic E-state index is 5.89. The van der Waals surface area contributed by atoms with Gasteiger partial charge in [-0.3, -0.25) is 0 Å². The average Bonchev–Trinajstić information content (AvgIpc) is 2.80. The van der Waals surface area contributed by atoms with E-state index in [1.807, 2.05) is 6.92 Å². The molecule has 0 fully saturated rings. The first-order valence-electron chi connectivity index (χ1n) is 5.03. The van der Waals surface area contributed by atoms with E-state index < -0.39 is 0 Å². The van der Waals surface area contributed by atoms with Crippen LogP contribution in [0.15, 0.2) is 22.7 Å². The molecule has 1 unspecified atom stereocenters. The Labute approximate surface area is 104 Å². The van der Waals surface area contributed by atoms with Crippen molar-refractivity contribution in [2.45, 2.75) is 13.0 Å². The van der Waals surface area contributed by atoms with Gasteiger partial charge in [0, 0.05) is 17.8 Å². The van der Waals surface area contributed by atoms with Gasteiger partial charge >= 0.3 is 0 Å². The molecule has 2 rings (SSSR count). The molecule has 0 aliphatic heterocycles. The Morgan fingerprint density at radius 2 is 2.24 bits per heavy atom. The van der Waals surface area contributed by atoms with E-state index in [2.05, 4.69) is 10.1 Å². The fourth-order valence-electron chi connectivity index (χ4n) is 1.33. The number of hydrogen-bond acceptors (Lipinski definition) is 5. The molecule has 0 aliphatic rings. The number of halogens is 1. The van der Waals surface area contributed by atoms with Crippen LogP contribution in [0.3, 0.4) is 0 Å². The second-order valence-electron chi connectivity index (χ2n) is 3.57. The van der Waals surface area contributed by atoms with Crippen molar-refractivity contribution < 1.29 is 9.26 Å². The van der Waals surface area contributed by atoms with Crippen LogP contribution in [0.1, 0.15) is 18.9 Å². The minimum Gasteiger partial charge on any atom is -0.398 e. The number of methoxy groups -OCH3 is 1. The van der Waals surface area contributed by atoms with Gasteiger partial charge in [0.1, 0.15) is 6.10 Å². The van der Waals surface area contributed by atoms with Crippen LogP contribution in [-0.4, -0.2) is 17.3 Å². The van der Waals surface area contributed by atoms with Crippen molar-refractivity contribution in [3.05, 3.63) is 29.0 Å².